The molecule has 1 atom stereocenters. The maximum absolute atomic E-state index is 13.3. The summed E-state index contributed by atoms with van der Waals surface area (Å²) >= 11 is 0. The molecular formula is C30H32N4O3S. The van der Waals surface area contributed by atoms with E-state index in [9.17, 15) is 13.2 Å². The van der Waals surface area contributed by atoms with Gasteiger partial charge >= 0.3 is 0 Å². The van der Waals surface area contributed by atoms with E-state index in [1.165, 1.54) is 18.4 Å². The normalized spacial score (nSPS) is 19.9. The van der Waals surface area contributed by atoms with E-state index in [2.05, 4.69) is 27.1 Å². The Morgan fingerprint density at radius 3 is 2.42 bits per heavy atom. The fourth-order valence-corrected chi connectivity index (χ4v) is 6.38. The standard InChI is InChI=1S/C30H32N4O3S/c35-30-28(26-18-25(14-15-27(26)33-30)38(36,37)31-19-21-8-9-21)29(23-6-2-1-3-7-23)32-24-12-10-22(11-13-24)20-34-16-4-5-17-34/h1-3,6-7,10-15,18,21,28,31H,4-5,8-9,16-17,19-20H2,(H,33,35). The Morgan fingerprint density at radius 2 is 1.71 bits per heavy atom. The molecule has 6 rings (SSSR count). The molecule has 0 radical (unpaired) electrons. The van der Waals surface area contributed by atoms with Crippen LogP contribution in [0.3, 0.4) is 0 Å². The molecule has 1 unspecified atom stereocenters. The molecule has 0 bridgehead atoms. The van der Waals surface area contributed by atoms with Gasteiger partial charge in [-0.05, 0) is 91.7 Å². The van der Waals surface area contributed by atoms with Crippen LogP contribution in [0.2, 0.25) is 0 Å². The largest absolute Gasteiger partial charge is 0.325 e. The van der Waals surface area contributed by atoms with E-state index in [-0.39, 0.29) is 10.8 Å². The third-order valence-corrected chi connectivity index (χ3v) is 8.98. The number of carbonyl (C=O) groups is 1. The van der Waals surface area contributed by atoms with Gasteiger partial charge in [-0.15, -0.1) is 0 Å². The number of fused-ring (bicyclic) bond motifs is 1. The number of benzene rings is 3. The fourth-order valence-electron chi connectivity index (χ4n) is 5.23. The first-order chi connectivity index (χ1) is 18.5. The zero-order chi connectivity index (χ0) is 26.1. The number of hydrogen-bond acceptors (Lipinski definition) is 5. The molecule has 3 aromatic rings. The summed E-state index contributed by atoms with van der Waals surface area (Å²) in [6.45, 7) is 3.66. The van der Waals surface area contributed by atoms with Gasteiger partial charge in [-0.2, -0.15) is 0 Å². The molecule has 8 heteroatoms. The lowest BCUT2D eigenvalue weighted by Gasteiger charge is -2.16. The second-order valence-electron chi connectivity index (χ2n) is 10.5. The number of nitrogens with zero attached hydrogens (tertiary/aromatic N) is 2. The maximum Gasteiger partial charge on any atom is 0.240 e. The Labute approximate surface area is 224 Å². The molecule has 0 aromatic heterocycles. The predicted octanol–water partition coefficient (Wildman–Crippen LogP) is 4.83. The number of hydrogen-bond donors (Lipinski definition) is 2. The Balaban J connectivity index is 1.34. The predicted molar refractivity (Wildman–Crippen MR) is 149 cm³/mol. The molecule has 7 nitrogen and oxygen atoms in total. The first-order valence-corrected chi connectivity index (χ1v) is 14.8. The second-order valence-corrected chi connectivity index (χ2v) is 12.2. The SMILES string of the molecule is O=C1Nc2ccc(S(=O)(=O)NCC3CC3)cc2C1C(=Nc1ccc(CN2CCCC2)cc1)c1ccccc1. The van der Waals surface area contributed by atoms with Crippen LogP contribution in [0.25, 0.3) is 0 Å². The van der Waals surface area contributed by atoms with E-state index < -0.39 is 15.9 Å². The molecule has 2 N–H and O–H groups in total. The number of likely N-dealkylation sites (tertiary alicyclic amines) is 1. The highest BCUT2D eigenvalue weighted by Gasteiger charge is 2.36. The highest BCUT2D eigenvalue weighted by molar-refractivity contribution is 7.89. The number of nitrogens with one attached hydrogen (secondary N) is 2. The van der Waals surface area contributed by atoms with Crippen LogP contribution in [0, 0.1) is 5.92 Å². The van der Waals surface area contributed by atoms with Gasteiger partial charge in [0.05, 0.1) is 16.3 Å². The topological polar surface area (TPSA) is 90.9 Å². The second kappa shape index (κ2) is 10.4. The van der Waals surface area contributed by atoms with Gasteiger partial charge in [-0.3, -0.25) is 14.7 Å². The molecule has 2 aliphatic heterocycles. The number of carbonyl (C=O) groups excluding carboxylic acids is 1. The van der Waals surface area contributed by atoms with E-state index in [0.717, 1.165) is 43.7 Å². The lowest BCUT2D eigenvalue weighted by Crippen LogP contribution is -2.26. The average Bonchev–Trinajstić information content (AvgIpc) is 3.52. The molecule has 1 saturated carbocycles. The van der Waals surface area contributed by atoms with E-state index in [1.807, 2.05) is 42.5 Å². The third kappa shape index (κ3) is 5.43. The van der Waals surface area contributed by atoms with Crippen molar-refractivity contribution in [3.05, 3.63) is 89.5 Å². The zero-order valence-corrected chi connectivity index (χ0v) is 22.1. The Morgan fingerprint density at radius 1 is 0.974 bits per heavy atom. The average molecular weight is 529 g/mol. The lowest BCUT2D eigenvalue weighted by molar-refractivity contribution is -0.115. The quantitative estimate of drug-likeness (QED) is 0.390. The molecule has 1 amide bonds. The minimum Gasteiger partial charge on any atom is -0.325 e. The minimum absolute atomic E-state index is 0.164. The highest BCUT2D eigenvalue weighted by atomic mass is 32.2. The molecule has 3 aliphatic rings. The highest BCUT2D eigenvalue weighted by Crippen LogP contribution is 2.38. The monoisotopic (exact) mass is 528 g/mol. The number of anilines is 1. The van der Waals surface area contributed by atoms with Gasteiger partial charge in [0, 0.05) is 18.8 Å². The molecule has 0 spiro atoms. The van der Waals surface area contributed by atoms with Crippen molar-refractivity contribution in [1.29, 1.82) is 0 Å². The van der Waals surface area contributed by atoms with Crippen molar-refractivity contribution >= 4 is 33.0 Å². The first kappa shape index (κ1) is 25.0. The minimum atomic E-state index is -3.67. The van der Waals surface area contributed by atoms with Crippen molar-refractivity contribution in [1.82, 2.24) is 9.62 Å². The first-order valence-electron chi connectivity index (χ1n) is 13.4. The zero-order valence-electron chi connectivity index (χ0n) is 21.3. The van der Waals surface area contributed by atoms with Crippen molar-refractivity contribution in [3.63, 3.8) is 0 Å². The van der Waals surface area contributed by atoms with Gasteiger partial charge < -0.3 is 5.32 Å². The van der Waals surface area contributed by atoms with Gasteiger partial charge in [-0.25, -0.2) is 13.1 Å². The lowest BCUT2D eigenvalue weighted by atomic mass is 9.90. The summed E-state index contributed by atoms with van der Waals surface area (Å²) in [7, 11) is -3.67. The van der Waals surface area contributed by atoms with Crippen LogP contribution in [0.15, 0.2) is 82.7 Å². The van der Waals surface area contributed by atoms with Crippen LogP contribution in [0.5, 0.6) is 0 Å². The summed E-state index contributed by atoms with van der Waals surface area (Å²) in [6, 6.07) is 22.6. The summed E-state index contributed by atoms with van der Waals surface area (Å²) in [4.78, 5) is 20.9. The van der Waals surface area contributed by atoms with Crippen molar-refractivity contribution in [3.8, 4) is 0 Å². The summed E-state index contributed by atoms with van der Waals surface area (Å²) in [5, 5.41) is 2.93. The van der Waals surface area contributed by atoms with Crippen LogP contribution >= 0.6 is 0 Å². The summed E-state index contributed by atoms with van der Waals surface area (Å²) in [6.07, 6.45) is 4.63. The van der Waals surface area contributed by atoms with E-state index >= 15 is 0 Å². The van der Waals surface area contributed by atoms with Gasteiger partial charge in [0.25, 0.3) is 0 Å². The van der Waals surface area contributed by atoms with Crippen molar-refractivity contribution in [2.24, 2.45) is 10.9 Å². The number of amides is 1. The molecule has 196 valence electrons. The van der Waals surface area contributed by atoms with Gasteiger partial charge in [-0.1, -0.05) is 42.5 Å². The van der Waals surface area contributed by atoms with E-state index in [1.54, 1.807) is 18.2 Å². The van der Waals surface area contributed by atoms with Crippen LogP contribution in [-0.2, 0) is 21.4 Å². The van der Waals surface area contributed by atoms with Crippen molar-refractivity contribution in [2.45, 2.75) is 43.0 Å². The Kier molecular flexibility index (Phi) is 6.86. The van der Waals surface area contributed by atoms with Crippen LogP contribution in [0.1, 0.15) is 48.3 Å². The molecule has 2 fully saturated rings. The van der Waals surface area contributed by atoms with Crippen molar-refractivity contribution in [2.75, 3.05) is 25.0 Å². The molecule has 38 heavy (non-hydrogen) atoms. The summed E-state index contributed by atoms with van der Waals surface area (Å²) in [5.74, 6) is -0.516. The summed E-state index contributed by atoms with van der Waals surface area (Å²) in [5.41, 5.74) is 4.65. The number of aliphatic imine (C=N–C) groups is 1. The fraction of sp³-hybridized carbons (Fsp3) is 0.333. The van der Waals surface area contributed by atoms with Crippen molar-refractivity contribution < 1.29 is 13.2 Å². The molecule has 1 saturated heterocycles. The Bertz CT molecular complexity index is 1460. The number of sulfonamides is 1. The van der Waals surface area contributed by atoms with Gasteiger partial charge in [0.1, 0.15) is 5.92 Å². The smallest absolute Gasteiger partial charge is 0.240 e. The van der Waals surface area contributed by atoms with Crippen LogP contribution < -0.4 is 10.0 Å². The maximum atomic E-state index is 13.3. The molecule has 1 aliphatic carbocycles. The molecular weight excluding hydrogens is 496 g/mol. The van der Waals surface area contributed by atoms with E-state index in [4.69, 9.17) is 4.99 Å². The Hall–Kier alpha value is -3.33. The van der Waals surface area contributed by atoms with Gasteiger partial charge in [0.2, 0.25) is 15.9 Å². The molecule has 3 aromatic carbocycles. The van der Waals surface area contributed by atoms with Crippen LogP contribution in [0.4, 0.5) is 11.4 Å². The molecule has 2 heterocycles. The van der Waals surface area contributed by atoms with Crippen LogP contribution in [-0.4, -0.2) is 44.6 Å². The van der Waals surface area contributed by atoms with E-state index in [0.29, 0.717) is 29.4 Å². The summed E-state index contributed by atoms with van der Waals surface area (Å²) < 4.78 is 28.7. The number of rotatable bonds is 9. The third-order valence-electron chi connectivity index (χ3n) is 7.56. The van der Waals surface area contributed by atoms with Gasteiger partial charge in [0.15, 0.2) is 0 Å².